The summed E-state index contributed by atoms with van der Waals surface area (Å²) in [5.41, 5.74) is 1.73. The standard InChI is InChI=1S/C23H16FN5O2S4/c1-13-6-2-4-8-15(13)28-19-18(35-23(28)32)20(31)29(16-9-5-3-7-14(16)24)22(27-19)34-12-17(30)26-21-25-10-11-33-21/h2-11H,12H2,1H3,(H,25,26,30). The summed E-state index contributed by atoms with van der Waals surface area (Å²) in [6.07, 6.45) is 1.59. The number of thiazole rings is 2. The number of rotatable bonds is 6. The van der Waals surface area contributed by atoms with E-state index in [1.54, 1.807) is 28.3 Å². The van der Waals surface area contributed by atoms with Gasteiger partial charge in [0.15, 0.2) is 19.9 Å². The summed E-state index contributed by atoms with van der Waals surface area (Å²) >= 11 is 9.05. The molecule has 176 valence electrons. The lowest BCUT2D eigenvalue weighted by atomic mass is 10.2. The summed E-state index contributed by atoms with van der Waals surface area (Å²) in [4.78, 5) is 35.0. The number of nitrogens with zero attached hydrogens (tertiary/aromatic N) is 4. The van der Waals surface area contributed by atoms with Gasteiger partial charge in [0.1, 0.15) is 10.5 Å². The van der Waals surface area contributed by atoms with E-state index in [1.165, 1.54) is 28.0 Å². The number of amides is 1. The van der Waals surface area contributed by atoms with Gasteiger partial charge in [0, 0.05) is 11.6 Å². The molecule has 35 heavy (non-hydrogen) atoms. The van der Waals surface area contributed by atoms with Crippen LogP contribution < -0.4 is 10.9 Å². The quantitative estimate of drug-likeness (QED) is 0.171. The van der Waals surface area contributed by atoms with Crippen LogP contribution in [0.4, 0.5) is 9.52 Å². The zero-order valence-electron chi connectivity index (χ0n) is 18.1. The Morgan fingerprint density at radius 3 is 2.60 bits per heavy atom. The van der Waals surface area contributed by atoms with E-state index in [1.807, 2.05) is 31.2 Å². The van der Waals surface area contributed by atoms with Crippen LogP contribution in [0.1, 0.15) is 5.56 Å². The molecule has 2 aromatic carbocycles. The molecule has 0 aliphatic carbocycles. The maximum absolute atomic E-state index is 14.8. The van der Waals surface area contributed by atoms with E-state index < -0.39 is 11.4 Å². The number of anilines is 1. The average molecular weight is 542 g/mol. The molecule has 3 heterocycles. The predicted molar refractivity (Wildman–Crippen MR) is 142 cm³/mol. The number of para-hydroxylation sites is 2. The number of aryl methyl sites for hydroxylation is 1. The highest BCUT2D eigenvalue weighted by Gasteiger charge is 2.21. The molecule has 0 saturated carbocycles. The van der Waals surface area contributed by atoms with Crippen LogP contribution in [0, 0.1) is 16.7 Å². The number of nitrogens with one attached hydrogen (secondary N) is 1. The molecule has 0 saturated heterocycles. The van der Waals surface area contributed by atoms with Gasteiger partial charge >= 0.3 is 0 Å². The minimum atomic E-state index is -0.577. The van der Waals surface area contributed by atoms with Crippen molar-refractivity contribution in [1.29, 1.82) is 0 Å². The smallest absolute Gasteiger partial charge is 0.278 e. The fourth-order valence-corrected chi connectivity index (χ4v) is 6.11. The van der Waals surface area contributed by atoms with Crippen LogP contribution in [-0.2, 0) is 4.79 Å². The summed E-state index contributed by atoms with van der Waals surface area (Å²) in [6.45, 7) is 1.94. The minimum Gasteiger partial charge on any atom is -0.301 e. The lowest BCUT2D eigenvalue weighted by molar-refractivity contribution is -0.113. The number of aromatic nitrogens is 4. The van der Waals surface area contributed by atoms with Gasteiger partial charge in [-0.1, -0.05) is 53.4 Å². The largest absolute Gasteiger partial charge is 0.301 e. The fourth-order valence-electron chi connectivity index (χ4n) is 3.48. The molecule has 0 unspecified atom stereocenters. The molecule has 5 rings (SSSR count). The second-order valence-electron chi connectivity index (χ2n) is 7.30. The molecule has 0 aliphatic rings. The number of carbonyl (C=O) groups excluding carboxylic acids is 1. The number of thioether (sulfide) groups is 1. The first-order valence-electron chi connectivity index (χ1n) is 10.3. The molecule has 1 N–H and O–H groups in total. The summed E-state index contributed by atoms with van der Waals surface area (Å²) < 4.78 is 18.5. The van der Waals surface area contributed by atoms with Gasteiger partial charge < -0.3 is 5.32 Å². The van der Waals surface area contributed by atoms with E-state index in [9.17, 15) is 14.0 Å². The van der Waals surface area contributed by atoms with Crippen molar-refractivity contribution in [2.75, 3.05) is 11.1 Å². The van der Waals surface area contributed by atoms with E-state index >= 15 is 0 Å². The van der Waals surface area contributed by atoms with Crippen LogP contribution >= 0.6 is 46.7 Å². The van der Waals surface area contributed by atoms with E-state index in [4.69, 9.17) is 17.2 Å². The Bertz CT molecular complexity index is 1670. The van der Waals surface area contributed by atoms with Crippen LogP contribution in [-0.4, -0.2) is 30.8 Å². The first-order chi connectivity index (χ1) is 16.9. The van der Waals surface area contributed by atoms with E-state index in [0.717, 1.165) is 34.3 Å². The lowest BCUT2D eigenvalue weighted by Gasteiger charge is -2.14. The fraction of sp³-hybridized carbons (Fsp3) is 0.0870. The van der Waals surface area contributed by atoms with Crippen molar-refractivity contribution in [2.45, 2.75) is 12.1 Å². The van der Waals surface area contributed by atoms with Gasteiger partial charge in [-0.15, -0.1) is 11.3 Å². The number of carbonyl (C=O) groups is 1. The normalized spacial score (nSPS) is 11.1. The Labute approximate surface area is 215 Å². The Balaban J connectivity index is 1.67. The highest BCUT2D eigenvalue weighted by atomic mass is 32.2. The average Bonchev–Trinajstić information content (AvgIpc) is 3.46. The zero-order valence-corrected chi connectivity index (χ0v) is 21.4. The van der Waals surface area contributed by atoms with Crippen molar-refractivity contribution >= 4 is 68.0 Å². The summed E-state index contributed by atoms with van der Waals surface area (Å²) in [5.74, 6) is -0.950. The summed E-state index contributed by atoms with van der Waals surface area (Å²) in [5, 5.41) is 5.10. The molecule has 7 nitrogen and oxygen atoms in total. The molecular weight excluding hydrogens is 526 g/mol. The van der Waals surface area contributed by atoms with E-state index in [-0.39, 0.29) is 22.5 Å². The highest BCUT2D eigenvalue weighted by molar-refractivity contribution is 7.99. The van der Waals surface area contributed by atoms with Crippen LogP contribution in [0.2, 0.25) is 0 Å². The molecule has 3 aromatic heterocycles. The summed E-state index contributed by atoms with van der Waals surface area (Å²) in [6, 6.07) is 13.6. The van der Waals surface area contributed by atoms with Gasteiger partial charge in [-0.05, 0) is 42.9 Å². The predicted octanol–water partition coefficient (Wildman–Crippen LogP) is 5.60. The summed E-state index contributed by atoms with van der Waals surface area (Å²) in [7, 11) is 0. The van der Waals surface area contributed by atoms with Gasteiger partial charge in [-0.25, -0.2) is 14.4 Å². The van der Waals surface area contributed by atoms with Crippen LogP contribution in [0.5, 0.6) is 0 Å². The Morgan fingerprint density at radius 1 is 1.14 bits per heavy atom. The maximum atomic E-state index is 14.8. The van der Waals surface area contributed by atoms with Crippen molar-refractivity contribution in [1.82, 2.24) is 19.1 Å². The van der Waals surface area contributed by atoms with Crippen LogP contribution in [0.15, 0.2) is 70.1 Å². The Morgan fingerprint density at radius 2 is 1.89 bits per heavy atom. The first kappa shape index (κ1) is 23.5. The molecule has 0 radical (unpaired) electrons. The van der Waals surface area contributed by atoms with Gasteiger partial charge in [0.25, 0.3) is 5.56 Å². The molecule has 0 bridgehead atoms. The monoisotopic (exact) mass is 541 g/mol. The van der Waals surface area contributed by atoms with Gasteiger partial charge in [-0.3, -0.25) is 18.7 Å². The van der Waals surface area contributed by atoms with Gasteiger partial charge in [0.2, 0.25) is 5.91 Å². The number of hydrogen-bond donors (Lipinski definition) is 1. The molecule has 0 atom stereocenters. The third-order valence-electron chi connectivity index (χ3n) is 5.04. The highest BCUT2D eigenvalue weighted by Crippen LogP contribution is 2.29. The van der Waals surface area contributed by atoms with E-state index in [2.05, 4.69) is 10.3 Å². The topological polar surface area (TPSA) is 81.8 Å². The molecular formula is C23H16FN5O2S4. The molecule has 0 aliphatic heterocycles. The third kappa shape index (κ3) is 4.57. The first-order valence-corrected chi connectivity index (χ1v) is 13.3. The van der Waals surface area contributed by atoms with Gasteiger partial charge in [0.05, 0.1) is 17.1 Å². The second kappa shape index (κ2) is 9.82. The van der Waals surface area contributed by atoms with Crippen molar-refractivity contribution in [3.05, 3.63) is 85.8 Å². The number of benzene rings is 2. The van der Waals surface area contributed by atoms with Gasteiger partial charge in [-0.2, -0.15) is 0 Å². The van der Waals surface area contributed by atoms with Crippen molar-refractivity contribution < 1.29 is 9.18 Å². The van der Waals surface area contributed by atoms with Crippen molar-refractivity contribution in [2.24, 2.45) is 0 Å². The number of hydrogen-bond acceptors (Lipinski definition) is 8. The van der Waals surface area contributed by atoms with Crippen LogP contribution in [0.3, 0.4) is 0 Å². The molecule has 5 aromatic rings. The SMILES string of the molecule is Cc1ccccc1-n1c(=S)sc2c(=O)n(-c3ccccc3F)c(SCC(=O)Nc3nccs3)nc21. The van der Waals surface area contributed by atoms with E-state index in [0.29, 0.717) is 19.4 Å². The molecule has 0 spiro atoms. The Hall–Kier alpha value is -3.19. The lowest BCUT2D eigenvalue weighted by Crippen LogP contribution is -2.23. The second-order valence-corrected chi connectivity index (χ2v) is 10.8. The number of halogens is 1. The zero-order chi connectivity index (χ0) is 24.5. The van der Waals surface area contributed by atoms with Crippen LogP contribution in [0.25, 0.3) is 21.7 Å². The minimum absolute atomic E-state index is 0.0523. The number of fused-ring (bicyclic) bond motifs is 1. The maximum Gasteiger partial charge on any atom is 0.278 e. The third-order valence-corrected chi connectivity index (χ3v) is 8.02. The van der Waals surface area contributed by atoms with Crippen molar-refractivity contribution in [3.8, 4) is 11.4 Å². The molecule has 1 amide bonds. The van der Waals surface area contributed by atoms with Crippen molar-refractivity contribution in [3.63, 3.8) is 0 Å². The Kier molecular flexibility index (Phi) is 6.60. The molecule has 12 heteroatoms. The molecule has 0 fully saturated rings.